The predicted molar refractivity (Wildman–Crippen MR) is 107 cm³/mol. The largest absolute Gasteiger partial charge is 0.459 e. The summed E-state index contributed by atoms with van der Waals surface area (Å²) in [5.41, 5.74) is 2.71. The van der Waals surface area contributed by atoms with Gasteiger partial charge >= 0.3 is 5.97 Å². The van der Waals surface area contributed by atoms with Gasteiger partial charge in [-0.05, 0) is 42.0 Å². The van der Waals surface area contributed by atoms with E-state index in [0.717, 1.165) is 5.56 Å². The topological polar surface area (TPSA) is 72.1 Å². The van der Waals surface area contributed by atoms with E-state index in [4.69, 9.17) is 10.00 Å². The number of benzene rings is 3. The quantitative estimate of drug-likeness (QED) is 0.406. The van der Waals surface area contributed by atoms with Gasteiger partial charge < -0.3 is 9.30 Å². The van der Waals surface area contributed by atoms with Gasteiger partial charge in [0.1, 0.15) is 13.2 Å². The number of pyridine rings is 1. The maximum Gasteiger partial charge on any atom is 0.326 e. The van der Waals surface area contributed by atoms with Crippen molar-refractivity contribution in [1.82, 2.24) is 4.57 Å². The average molecular weight is 368 g/mol. The van der Waals surface area contributed by atoms with Gasteiger partial charge in [0.15, 0.2) is 5.43 Å². The van der Waals surface area contributed by atoms with Crippen molar-refractivity contribution in [2.45, 2.75) is 13.2 Å². The first-order chi connectivity index (χ1) is 13.7. The normalized spacial score (nSPS) is 10.7. The van der Waals surface area contributed by atoms with Crippen LogP contribution in [0.3, 0.4) is 0 Å². The number of esters is 1. The molecule has 0 N–H and O–H groups in total. The molecule has 4 rings (SSSR count). The van der Waals surface area contributed by atoms with Crippen molar-refractivity contribution in [3.05, 3.63) is 94.1 Å². The number of fused-ring (bicyclic) bond motifs is 2. The summed E-state index contributed by atoms with van der Waals surface area (Å²) in [6.45, 7) is 0.123. The molecule has 0 bridgehead atoms. The van der Waals surface area contributed by atoms with Crippen molar-refractivity contribution in [2.24, 2.45) is 0 Å². The molecule has 136 valence electrons. The van der Waals surface area contributed by atoms with E-state index in [9.17, 15) is 9.59 Å². The summed E-state index contributed by atoms with van der Waals surface area (Å²) in [6.07, 6.45) is 0. The molecule has 0 spiro atoms. The lowest BCUT2D eigenvalue weighted by Crippen LogP contribution is -2.18. The third kappa shape index (κ3) is 3.24. The summed E-state index contributed by atoms with van der Waals surface area (Å²) >= 11 is 0. The number of carbonyl (C=O) groups excluding carboxylic acids is 1. The lowest BCUT2D eigenvalue weighted by molar-refractivity contribution is -0.145. The number of rotatable bonds is 4. The molecule has 0 aliphatic carbocycles. The molecule has 0 aliphatic heterocycles. The Morgan fingerprint density at radius 2 is 1.46 bits per heavy atom. The number of para-hydroxylation sites is 2. The zero-order valence-corrected chi connectivity index (χ0v) is 15.0. The number of ether oxygens (including phenoxy) is 1. The second-order valence-electron chi connectivity index (χ2n) is 6.42. The highest BCUT2D eigenvalue weighted by Crippen LogP contribution is 2.19. The van der Waals surface area contributed by atoms with Crippen LogP contribution in [0.1, 0.15) is 11.1 Å². The third-order valence-corrected chi connectivity index (χ3v) is 4.65. The van der Waals surface area contributed by atoms with Crippen molar-refractivity contribution in [2.75, 3.05) is 0 Å². The van der Waals surface area contributed by atoms with Gasteiger partial charge in [0, 0.05) is 10.8 Å². The maximum absolute atomic E-state index is 12.7. The molecule has 0 saturated carbocycles. The van der Waals surface area contributed by atoms with E-state index in [-0.39, 0.29) is 18.6 Å². The third-order valence-electron chi connectivity index (χ3n) is 4.65. The minimum absolute atomic E-state index is 0.00240. The Balaban J connectivity index is 1.64. The molecule has 1 aromatic heterocycles. The Labute approximate surface area is 161 Å². The molecule has 0 unspecified atom stereocenters. The summed E-state index contributed by atoms with van der Waals surface area (Å²) in [7, 11) is 0. The van der Waals surface area contributed by atoms with E-state index in [1.807, 2.05) is 41.0 Å². The highest BCUT2D eigenvalue weighted by atomic mass is 16.5. The van der Waals surface area contributed by atoms with Crippen LogP contribution in [0, 0.1) is 11.3 Å². The van der Waals surface area contributed by atoms with Crippen molar-refractivity contribution in [3.8, 4) is 6.07 Å². The number of hydrogen-bond acceptors (Lipinski definition) is 4. The summed E-state index contributed by atoms with van der Waals surface area (Å²) in [6, 6.07) is 23.4. The summed E-state index contributed by atoms with van der Waals surface area (Å²) in [5.74, 6) is -0.400. The predicted octanol–water partition coefficient (Wildman–Crippen LogP) is 3.77. The van der Waals surface area contributed by atoms with Crippen LogP contribution in [0.25, 0.3) is 21.8 Å². The molecule has 1 heterocycles. The fourth-order valence-electron chi connectivity index (χ4n) is 3.26. The van der Waals surface area contributed by atoms with Gasteiger partial charge in [0.25, 0.3) is 0 Å². The molecule has 5 nitrogen and oxygen atoms in total. The Hall–Kier alpha value is -3.91. The van der Waals surface area contributed by atoms with Crippen LogP contribution < -0.4 is 5.43 Å². The maximum atomic E-state index is 12.7. The molecule has 5 heteroatoms. The number of carbonyl (C=O) groups is 1. The van der Waals surface area contributed by atoms with Crippen molar-refractivity contribution < 1.29 is 9.53 Å². The van der Waals surface area contributed by atoms with Gasteiger partial charge in [-0.25, -0.2) is 0 Å². The molecule has 0 radical (unpaired) electrons. The smallest absolute Gasteiger partial charge is 0.326 e. The van der Waals surface area contributed by atoms with Gasteiger partial charge in [-0.3, -0.25) is 9.59 Å². The molecule has 0 amide bonds. The van der Waals surface area contributed by atoms with Crippen molar-refractivity contribution in [1.29, 1.82) is 5.26 Å². The van der Waals surface area contributed by atoms with Crippen LogP contribution in [-0.4, -0.2) is 10.5 Å². The first kappa shape index (κ1) is 17.5. The fourth-order valence-corrected chi connectivity index (χ4v) is 3.26. The van der Waals surface area contributed by atoms with Gasteiger partial charge in [0.05, 0.1) is 22.7 Å². The molecular weight excluding hydrogens is 352 g/mol. The summed E-state index contributed by atoms with van der Waals surface area (Å²) < 4.78 is 7.23. The molecular formula is C23H16N2O3. The second kappa shape index (κ2) is 7.37. The highest BCUT2D eigenvalue weighted by Gasteiger charge is 2.13. The number of aromatic nitrogens is 1. The fraction of sp³-hybridized carbons (Fsp3) is 0.0870. The van der Waals surface area contributed by atoms with E-state index in [1.54, 1.807) is 36.4 Å². The van der Waals surface area contributed by atoms with Crippen LogP contribution in [-0.2, 0) is 22.7 Å². The van der Waals surface area contributed by atoms with Gasteiger partial charge in [-0.15, -0.1) is 0 Å². The Kier molecular flexibility index (Phi) is 4.61. The monoisotopic (exact) mass is 368 g/mol. The zero-order chi connectivity index (χ0) is 19.5. The Bertz CT molecular complexity index is 1220. The van der Waals surface area contributed by atoms with E-state index in [2.05, 4.69) is 6.07 Å². The highest BCUT2D eigenvalue weighted by molar-refractivity contribution is 5.94. The summed E-state index contributed by atoms with van der Waals surface area (Å²) in [5, 5.41) is 9.98. The van der Waals surface area contributed by atoms with Crippen LogP contribution in [0.5, 0.6) is 0 Å². The van der Waals surface area contributed by atoms with Gasteiger partial charge in [-0.2, -0.15) is 5.26 Å². The number of nitriles is 1. The molecule has 0 atom stereocenters. The van der Waals surface area contributed by atoms with Gasteiger partial charge in [-0.1, -0.05) is 36.4 Å². The number of nitrogens with zero attached hydrogens (tertiary/aromatic N) is 2. The molecule has 4 aromatic rings. The molecule has 3 aromatic carbocycles. The van der Waals surface area contributed by atoms with Crippen molar-refractivity contribution >= 4 is 27.8 Å². The molecule has 28 heavy (non-hydrogen) atoms. The average Bonchev–Trinajstić information content (AvgIpc) is 2.75. The Morgan fingerprint density at radius 1 is 0.893 bits per heavy atom. The van der Waals surface area contributed by atoms with Crippen molar-refractivity contribution in [3.63, 3.8) is 0 Å². The minimum Gasteiger partial charge on any atom is -0.459 e. The lowest BCUT2D eigenvalue weighted by Gasteiger charge is -2.14. The van der Waals surface area contributed by atoms with E-state index >= 15 is 0 Å². The number of hydrogen-bond donors (Lipinski definition) is 0. The first-order valence-electron chi connectivity index (χ1n) is 8.82. The Morgan fingerprint density at radius 3 is 2.04 bits per heavy atom. The second-order valence-corrected chi connectivity index (χ2v) is 6.42. The molecule has 0 aliphatic rings. The van der Waals surface area contributed by atoms with Crippen LogP contribution >= 0.6 is 0 Å². The zero-order valence-electron chi connectivity index (χ0n) is 15.0. The van der Waals surface area contributed by atoms with Gasteiger partial charge in [0.2, 0.25) is 0 Å². The molecule has 0 fully saturated rings. The van der Waals surface area contributed by atoms with E-state index < -0.39 is 5.97 Å². The minimum atomic E-state index is -0.400. The first-order valence-corrected chi connectivity index (χ1v) is 8.82. The van der Waals surface area contributed by atoms with Crippen LogP contribution in [0.2, 0.25) is 0 Å². The SMILES string of the molecule is N#Cc1ccc(COC(=O)Cn2c3ccccc3c(=O)c3ccccc32)cc1. The van der Waals surface area contributed by atoms with Crippen LogP contribution in [0.15, 0.2) is 77.6 Å². The summed E-state index contributed by atoms with van der Waals surface area (Å²) in [4.78, 5) is 25.2. The van der Waals surface area contributed by atoms with E-state index in [1.165, 1.54) is 0 Å². The molecule has 0 saturated heterocycles. The van der Waals surface area contributed by atoms with E-state index in [0.29, 0.717) is 27.4 Å². The standard InChI is InChI=1S/C23H16N2O3/c24-13-16-9-11-17(12-10-16)15-28-22(26)14-25-20-7-3-1-5-18(20)23(27)19-6-2-4-8-21(19)25/h1-12H,14-15H2. The van der Waals surface area contributed by atoms with Crippen LogP contribution in [0.4, 0.5) is 0 Å². The lowest BCUT2D eigenvalue weighted by atomic mass is 10.1.